The van der Waals surface area contributed by atoms with Crippen LogP contribution >= 0.6 is 0 Å². The maximum atomic E-state index is 13.9. The van der Waals surface area contributed by atoms with E-state index in [-0.39, 0.29) is 35.6 Å². The van der Waals surface area contributed by atoms with Gasteiger partial charge in [0.1, 0.15) is 5.82 Å². The largest absolute Gasteiger partial charge is 0.323 e. The average molecular weight is 496 g/mol. The van der Waals surface area contributed by atoms with E-state index < -0.39 is 51.3 Å². The van der Waals surface area contributed by atoms with Gasteiger partial charge in [-0.1, -0.05) is 18.2 Å². The third kappa shape index (κ3) is 4.82. The van der Waals surface area contributed by atoms with E-state index in [0.717, 1.165) is 4.68 Å². The Kier molecular flexibility index (Phi) is 6.71. The van der Waals surface area contributed by atoms with Crippen LogP contribution in [0.25, 0.3) is 0 Å². The lowest BCUT2D eigenvalue weighted by Crippen LogP contribution is -2.41. The number of carbonyl (C=O) groups excluding carboxylic acids is 1. The Labute approximate surface area is 193 Å². The summed E-state index contributed by atoms with van der Waals surface area (Å²) >= 11 is 0. The molecule has 1 aliphatic heterocycles. The number of halogens is 4. The molecular weight excluding hydrogens is 476 g/mol. The summed E-state index contributed by atoms with van der Waals surface area (Å²) in [4.78, 5) is 12.8. The minimum absolute atomic E-state index is 0.184. The molecule has 1 saturated heterocycles. The monoisotopic (exact) mass is 496 g/mol. The molecule has 0 aliphatic carbocycles. The number of sulfonamides is 1. The topological polar surface area (TPSA) is 84.3 Å². The zero-order valence-electron chi connectivity index (χ0n) is 17.7. The van der Waals surface area contributed by atoms with Gasteiger partial charge in [-0.15, -0.1) is 0 Å². The fourth-order valence-corrected chi connectivity index (χ4v) is 5.26. The summed E-state index contributed by atoms with van der Waals surface area (Å²) < 4.78 is 82.1. The molecule has 0 spiro atoms. The number of hydrogen-bond acceptors (Lipinski definition) is 4. The average Bonchev–Trinajstić information content (AvgIpc) is 3.28. The molecule has 7 nitrogen and oxygen atoms in total. The minimum atomic E-state index is -3.63. The van der Waals surface area contributed by atoms with E-state index in [1.54, 1.807) is 18.2 Å². The van der Waals surface area contributed by atoms with Crippen molar-refractivity contribution in [2.24, 2.45) is 5.92 Å². The zero-order chi connectivity index (χ0) is 24.5. The second kappa shape index (κ2) is 9.55. The molecule has 4 rings (SSSR count). The molecule has 1 aromatic heterocycles. The van der Waals surface area contributed by atoms with Crippen molar-refractivity contribution in [3.8, 4) is 0 Å². The summed E-state index contributed by atoms with van der Waals surface area (Å²) in [5.41, 5.74) is -0.459. The van der Waals surface area contributed by atoms with Crippen LogP contribution in [0.5, 0.6) is 0 Å². The number of carbonyl (C=O) groups is 1. The highest BCUT2D eigenvalue weighted by molar-refractivity contribution is 7.89. The Morgan fingerprint density at radius 1 is 1.03 bits per heavy atom. The lowest BCUT2D eigenvalue weighted by atomic mass is 9.97. The van der Waals surface area contributed by atoms with Gasteiger partial charge in [0.05, 0.1) is 23.3 Å². The highest BCUT2D eigenvalue weighted by atomic mass is 32.2. The number of anilines is 1. The summed E-state index contributed by atoms with van der Waals surface area (Å²) in [6, 6.07) is 8.30. The van der Waals surface area contributed by atoms with Crippen LogP contribution in [0.3, 0.4) is 0 Å². The first kappa shape index (κ1) is 23.9. The van der Waals surface area contributed by atoms with Gasteiger partial charge in [-0.3, -0.25) is 9.48 Å². The second-order valence-corrected chi connectivity index (χ2v) is 9.79. The number of rotatable bonds is 6. The summed E-state index contributed by atoms with van der Waals surface area (Å²) in [5, 5.41) is 6.53. The SMILES string of the molecule is O=C(Nc1cnn(Cc2c(F)cc(F)c(F)c2F)c1)C1CCN(S(=O)(=O)c2ccccc2)CC1. The van der Waals surface area contributed by atoms with E-state index in [4.69, 9.17) is 0 Å². The van der Waals surface area contributed by atoms with Gasteiger partial charge in [-0.2, -0.15) is 9.40 Å². The standard InChI is InChI=1S/C22H20F4N4O3S/c23-18-10-19(24)21(26)20(25)17(18)13-29-12-15(11-27-29)28-22(31)14-6-8-30(9-7-14)34(32,33)16-4-2-1-3-5-16/h1-5,10-12,14H,6-9,13H2,(H,28,31). The van der Waals surface area contributed by atoms with E-state index in [1.165, 1.54) is 28.8 Å². The van der Waals surface area contributed by atoms with Crippen molar-refractivity contribution in [2.75, 3.05) is 18.4 Å². The van der Waals surface area contributed by atoms with E-state index in [9.17, 15) is 30.8 Å². The molecule has 2 aromatic carbocycles. The quantitative estimate of drug-likeness (QED) is 0.322. The van der Waals surface area contributed by atoms with Crippen LogP contribution in [0.15, 0.2) is 53.7 Å². The first-order valence-corrected chi connectivity index (χ1v) is 11.8. The third-order valence-corrected chi connectivity index (χ3v) is 7.55. The smallest absolute Gasteiger partial charge is 0.243 e. The normalized spacial score (nSPS) is 15.4. The van der Waals surface area contributed by atoms with Crippen molar-refractivity contribution in [3.63, 3.8) is 0 Å². The third-order valence-electron chi connectivity index (χ3n) is 5.64. The molecule has 1 amide bonds. The van der Waals surface area contributed by atoms with Crippen LogP contribution in [-0.2, 0) is 21.4 Å². The molecule has 0 radical (unpaired) electrons. The van der Waals surface area contributed by atoms with Crippen molar-refractivity contribution in [1.29, 1.82) is 0 Å². The molecule has 0 bridgehead atoms. The van der Waals surface area contributed by atoms with Gasteiger partial charge in [0.15, 0.2) is 17.5 Å². The highest BCUT2D eigenvalue weighted by Crippen LogP contribution is 2.25. The molecular formula is C22H20F4N4O3S. The maximum Gasteiger partial charge on any atom is 0.243 e. The molecule has 0 saturated carbocycles. The van der Waals surface area contributed by atoms with E-state index in [2.05, 4.69) is 10.4 Å². The number of piperidine rings is 1. The van der Waals surface area contributed by atoms with Crippen LogP contribution in [-0.4, -0.2) is 41.5 Å². The van der Waals surface area contributed by atoms with Crippen molar-refractivity contribution in [1.82, 2.24) is 14.1 Å². The molecule has 1 fully saturated rings. The van der Waals surface area contributed by atoms with Crippen molar-refractivity contribution in [2.45, 2.75) is 24.3 Å². The van der Waals surface area contributed by atoms with Crippen LogP contribution in [0.1, 0.15) is 18.4 Å². The number of benzene rings is 2. The van der Waals surface area contributed by atoms with Crippen molar-refractivity contribution < 1.29 is 30.8 Å². The van der Waals surface area contributed by atoms with Gasteiger partial charge < -0.3 is 5.32 Å². The molecule has 1 aliphatic rings. The van der Waals surface area contributed by atoms with Crippen molar-refractivity contribution in [3.05, 3.63) is 77.6 Å². The van der Waals surface area contributed by atoms with Crippen molar-refractivity contribution >= 4 is 21.6 Å². The van der Waals surface area contributed by atoms with E-state index in [1.807, 2.05) is 0 Å². The van der Waals surface area contributed by atoms with Gasteiger partial charge in [0.2, 0.25) is 15.9 Å². The number of aromatic nitrogens is 2. The summed E-state index contributed by atoms with van der Waals surface area (Å²) in [6.45, 7) is -0.146. The zero-order valence-corrected chi connectivity index (χ0v) is 18.5. The number of hydrogen-bond donors (Lipinski definition) is 1. The molecule has 0 atom stereocenters. The summed E-state index contributed by atoms with van der Waals surface area (Å²) in [6.07, 6.45) is 3.18. The van der Waals surface area contributed by atoms with Crippen LogP contribution < -0.4 is 5.32 Å². The Hall–Kier alpha value is -3.25. The van der Waals surface area contributed by atoms with Crippen LogP contribution in [0.2, 0.25) is 0 Å². The fourth-order valence-electron chi connectivity index (χ4n) is 3.77. The van der Waals surface area contributed by atoms with Gasteiger partial charge >= 0.3 is 0 Å². The summed E-state index contributed by atoms with van der Waals surface area (Å²) in [7, 11) is -3.63. The Balaban J connectivity index is 1.36. The van der Waals surface area contributed by atoms with Gasteiger partial charge in [0.25, 0.3) is 0 Å². The maximum absolute atomic E-state index is 13.9. The molecule has 34 heavy (non-hydrogen) atoms. The number of nitrogens with zero attached hydrogens (tertiary/aromatic N) is 3. The molecule has 3 aromatic rings. The summed E-state index contributed by atoms with van der Waals surface area (Å²) in [5.74, 6) is -7.09. The molecule has 0 unspecified atom stereocenters. The van der Waals surface area contributed by atoms with Crippen LogP contribution in [0, 0.1) is 29.2 Å². The first-order chi connectivity index (χ1) is 16.2. The Bertz CT molecular complexity index is 1310. The minimum Gasteiger partial charge on any atom is -0.323 e. The number of nitrogens with one attached hydrogen (secondary N) is 1. The molecule has 12 heteroatoms. The van der Waals surface area contributed by atoms with E-state index >= 15 is 0 Å². The van der Waals surface area contributed by atoms with Crippen LogP contribution in [0.4, 0.5) is 23.2 Å². The fraction of sp³-hybridized carbons (Fsp3) is 0.273. The second-order valence-electron chi connectivity index (χ2n) is 7.85. The lowest BCUT2D eigenvalue weighted by Gasteiger charge is -2.30. The first-order valence-electron chi connectivity index (χ1n) is 10.4. The van der Waals surface area contributed by atoms with Gasteiger partial charge in [-0.25, -0.2) is 26.0 Å². The predicted octanol–water partition coefficient (Wildman–Crippen LogP) is 3.53. The van der Waals surface area contributed by atoms with Gasteiger partial charge in [0, 0.05) is 36.8 Å². The highest BCUT2D eigenvalue weighted by Gasteiger charge is 2.32. The Morgan fingerprint density at radius 2 is 1.71 bits per heavy atom. The molecule has 180 valence electrons. The number of amides is 1. The molecule has 2 heterocycles. The van der Waals surface area contributed by atoms with Gasteiger partial charge in [-0.05, 0) is 25.0 Å². The molecule has 1 N–H and O–H groups in total. The Morgan fingerprint density at radius 3 is 2.38 bits per heavy atom. The van der Waals surface area contributed by atoms with E-state index in [0.29, 0.717) is 12.8 Å². The predicted molar refractivity (Wildman–Crippen MR) is 114 cm³/mol. The lowest BCUT2D eigenvalue weighted by molar-refractivity contribution is -0.120.